The van der Waals surface area contributed by atoms with Crippen LogP contribution in [-0.2, 0) is 9.59 Å². The molecule has 1 aromatic rings. The van der Waals surface area contributed by atoms with Gasteiger partial charge in [0.1, 0.15) is 0 Å². The van der Waals surface area contributed by atoms with Gasteiger partial charge in [0.05, 0.1) is 5.69 Å². The minimum absolute atomic E-state index is 0.366. The Morgan fingerprint density at radius 1 is 0.950 bits per heavy atom. The molecule has 20 heavy (non-hydrogen) atoms. The van der Waals surface area contributed by atoms with Crippen LogP contribution in [0.3, 0.4) is 0 Å². The van der Waals surface area contributed by atoms with E-state index in [9.17, 15) is 26.9 Å². The zero-order valence-electron chi connectivity index (χ0n) is 9.71. The van der Waals surface area contributed by atoms with Crippen LogP contribution in [0.5, 0.6) is 0 Å². The van der Waals surface area contributed by atoms with Crippen molar-refractivity contribution in [2.45, 2.75) is 0 Å². The molecule has 104 valence electrons. The van der Waals surface area contributed by atoms with Gasteiger partial charge in [-0.25, -0.2) is 4.90 Å². The number of rotatable bonds is 1. The number of amides is 2. The van der Waals surface area contributed by atoms with Crippen LogP contribution in [0.1, 0.15) is 0 Å². The van der Waals surface area contributed by atoms with Crippen LogP contribution in [0.2, 0.25) is 0 Å². The second kappa shape index (κ2) is 5.96. The molecular weight excluding hydrogens is 281 g/mol. The van der Waals surface area contributed by atoms with E-state index in [1.54, 1.807) is 0 Å². The first-order valence-corrected chi connectivity index (χ1v) is 5.11. The zero-order valence-corrected chi connectivity index (χ0v) is 9.71. The SMILES string of the molecule is F[B-](F)(F)F.N#[N+]c1ccc(N2C(=O)C=CC2=O)cc1. The van der Waals surface area contributed by atoms with Gasteiger partial charge in [-0.15, -0.1) is 0 Å². The van der Waals surface area contributed by atoms with Gasteiger partial charge in [-0.05, 0) is 12.1 Å². The highest BCUT2D eigenvalue weighted by molar-refractivity contribution is 6.50. The molecule has 2 amide bonds. The summed E-state index contributed by atoms with van der Waals surface area (Å²) in [6.07, 6.45) is 2.43. The van der Waals surface area contributed by atoms with E-state index in [0.717, 1.165) is 4.90 Å². The summed E-state index contributed by atoms with van der Waals surface area (Å²) in [5.74, 6) is -0.734. The number of imide groups is 1. The van der Waals surface area contributed by atoms with E-state index in [2.05, 4.69) is 4.98 Å². The lowest BCUT2D eigenvalue weighted by Crippen LogP contribution is -2.29. The summed E-state index contributed by atoms with van der Waals surface area (Å²) in [7, 11) is -6.00. The molecule has 0 atom stereocenters. The minimum Gasteiger partial charge on any atom is -0.418 e. The number of hydrogen-bond donors (Lipinski definition) is 0. The normalized spacial score (nSPS) is 13.8. The second-order valence-electron chi connectivity index (χ2n) is 3.46. The highest BCUT2D eigenvalue weighted by Crippen LogP contribution is 2.22. The van der Waals surface area contributed by atoms with Crippen LogP contribution < -0.4 is 4.90 Å². The number of carbonyl (C=O) groups excluding carboxylic acids is 2. The summed E-state index contributed by atoms with van der Waals surface area (Å²) in [4.78, 5) is 26.6. The third-order valence-electron chi connectivity index (χ3n) is 2.03. The predicted octanol–water partition coefficient (Wildman–Crippen LogP) is 2.90. The zero-order chi connectivity index (χ0) is 15.3. The lowest BCUT2D eigenvalue weighted by atomic mass is 10.2. The van der Waals surface area contributed by atoms with Crippen molar-refractivity contribution in [2.24, 2.45) is 0 Å². The van der Waals surface area contributed by atoms with Gasteiger partial charge in [0.15, 0.2) is 4.98 Å². The number of benzene rings is 1. The lowest BCUT2D eigenvalue weighted by Gasteiger charge is -2.12. The first kappa shape index (κ1) is 15.4. The van der Waals surface area contributed by atoms with Crippen LogP contribution >= 0.6 is 0 Å². The molecule has 0 bridgehead atoms. The maximum atomic E-state index is 11.3. The van der Waals surface area contributed by atoms with E-state index in [1.807, 2.05) is 0 Å². The molecule has 0 N–H and O–H groups in total. The molecule has 10 heteroatoms. The van der Waals surface area contributed by atoms with Crippen molar-refractivity contribution in [3.8, 4) is 0 Å². The molecule has 0 unspecified atom stereocenters. The van der Waals surface area contributed by atoms with E-state index in [1.165, 1.54) is 36.4 Å². The third kappa shape index (κ3) is 4.53. The Morgan fingerprint density at radius 2 is 1.35 bits per heavy atom. The summed E-state index contributed by atoms with van der Waals surface area (Å²) in [6.45, 7) is 0. The topological polar surface area (TPSA) is 65.5 Å². The fraction of sp³-hybridized carbons (Fsp3) is 0. The van der Waals surface area contributed by atoms with Crippen molar-refractivity contribution in [1.82, 2.24) is 0 Å². The Balaban J connectivity index is 0.000000347. The molecule has 0 spiro atoms. The molecule has 0 fully saturated rings. The highest BCUT2D eigenvalue weighted by atomic mass is 19.5. The molecule has 0 aromatic heterocycles. The molecule has 5 nitrogen and oxygen atoms in total. The molecule has 0 aliphatic carbocycles. The van der Waals surface area contributed by atoms with Gasteiger partial charge in [0, 0.05) is 24.3 Å². The predicted molar refractivity (Wildman–Crippen MR) is 63.0 cm³/mol. The van der Waals surface area contributed by atoms with Gasteiger partial charge < -0.3 is 17.3 Å². The molecular formula is C10H6BF4N3O2. The van der Waals surface area contributed by atoms with Crippen molar-refractivity contribution >= 4 is 30.4 Å². The summed E-state index contributed by atoms with van der Waals surface area (Å²) in [5, 5.41) is 8.46. The fourth-order valence-corrected chi connectivity index (χ4v) is 1.32. The van der Waals surface area contributed by atoms with Gasteiger partial charge in [-0.2, -0.15) is 0 Å². The summed E-state index contributed by atoms with van der Waals surface area (Å²) in [6, 6.07) is 6.10. The van der Waals surface area contributed by atoms with E-state index >= 15 is 0 Å². The Morgan fingerprint density at radius 3 is 1.70 bits per heavy atom. The van der Waals surface area contributed by atoms with Gasteiger partial charge in [0.2, 0.25) is 5.39 Å². The van der Waals surface area contributed by atoms with Crippen molar-refractivity contribution in [1.29, 1.82) is 5.39 Å². The van der Waals surface area contributed by atoms with E-state index in [0.29, 0.717) is 11.4 Å². The first-order chi connectivity index (χ1) is 9.22. The summed E-state index contributed by atoms with van der Waals surface area (Å²) < 4.78 is 39.0. The van der Waals surface area contributed by atoms with Gasteiger partial charge in [0.25, 0.3) is 11.8 Å². The quantitative estimate of drug-likeness (QED) is 0.345. The lowest BCUT2D eigenvalue weighted by molar-refractivity contribution is -0.119. The standard InChI is InChI=1S/C10H6N3O2.BF4/c11-12-7-1-3-8(4-2-7)13-9(14)5-6-10(13)15;2-1(3,4)5/h1-6H;/q+1;-1. The number of anilines is 1. The second-order valence-corrected chi connectivity index (χ2v) is 3.46. The van der Waals surface area contributed by atoms with E-state index < -0.39 is 7.25 Å². The van der Waals surface area contributed by atoms with E-state index in [-0.39, 0.29) is 11.8 Å². The highest BCUT2D eigenvalue weighted by Gasteiger charge is 2.25. The summed E-state index contributed by atoms with van der Waals surface area (Å²) in [5.41, 5.74) is 0.827. The number of diazo groups is 1. The van der Waals surface area contributed by atoms with Crippen molar-refractivity contribution < 1.29 is 26.9 Å². The largest absolute Gasteiger partial charge is 0.673 e. The molecule has 1 aliphatic rings. The van der Waals surface area contributed by atoms with Crippen LogP contribution in [-0.4, -0.2) is 19.1 Å². The first-order valence-electron chi connectivity index (χ1n) is 5.11. The number of carbonyl (C=O) groups is 2. The Bertz CT molecular complexity index is 568. The number of hydrogen-bond acceptors (Lipinski definition) is 3. The van der Waals surface area contributed by atoms with Gasteiger partial charge in [-0.3, -0.25) is 9.59 Å². The van der Waals surface area contributed by atoms with Gasteiger partial charge >= 0.3 is 12.9 Å². The Labute approximate surface area is 110 Å². The Kier molecular flexibility index (Phi) is 4.58. The van der Waals surface area contributed by atoms with Crippen LogP contribution in [0, 0.1) is 5.39 Å². The maximum Gasteiger partial charge on any atom is 0.673 e. The molecule has 0 saturated heterocycles. The monoisotopic (exact) mass is 287 g/mol. The van der Waals surface area contributed by atoms with Crippen molar-refractivity contribution in [2.75, 3.05) is 4.90 Å². The van der Waals surface area contributed by atoms with Crippen LogP contribution in [0.4, 0.5) is 28.6 Å². The number of nitrogens with zero attached hydrogens (tertiary/aromatic N) is 3. The fourth-order valence-electron chi connectivity index (χ4n) is 1.32. The molecule has 1 heterocycles. The average Bonchev–Trinajstić information content (AvgIpc) is 2.67. The number of halogens is 4. The van der Waals surface area contributed by atoms with E-state index in [4.69, 9.17) is 5.39 Å². The van der Waals surface area contributed by atoms with Crippen molar-refractivity contribution in [3.05, 3.63) is 41.4 Å². The molecule has 1 aromatic carbocycles. The van der Waals surface area contributed by atoms with Crippen molar-refractivity contribution in [3.63, 3.8) is 0 Å². The molecule has 0 saturated carbocycles. The summed E-state index contributed by atoms with van der Waals surface area (Å²) >= 11 is 0. The molecule has 0 radical (unpaired) electrons. The molecule has 1 aliphatic heterocycles. The smallest absolute Gasteiger partial charge is 0.418 e. The van der Waals surface area contributed by atoms with Crippen LogP contribution in [0.25, 0.3) is 4.98 Å². The maximum absolute atomic E-state index is 11.3. The van der Waals surface area contributed by atoms with Gasteiger partial charge in [-0.1, -0.05) is 0 Å². The average molecular weight is 287 g/mol. The minimum atomic E-state index is -6.00. The molecule has 2 rings (SSSR count). The third-order valence-corrected chi connectivity index (χ3v) is 2.03. The van der Waals surface area contributed by atoms with Crippen LogP contribution in [0.15, 0.2) is 36.4 Å². The Hall–Kier alpha value is -2.70.